The number of hydrogen-bond acceptors (Lipinski definition) is 5. The van der Waals surface area contributed by atoms with Crippen molar-refractivity contribution in [2.75, 3.05) is 13.1 Å². The van der Waals surface area contributed by atoms with Crippen LogP contribution >= 0.6 is 0 Å². The summed E-state index contributed by atoms with van der Waals surface area (Å²) < 4.78 is 10.6. The Balaban J connectivity index is 1.53. The Kier molecular flexibility index (Phi) is 4.51. The summed E-state index contributed by atoms with van der Waals surface area (Å²) in [6.07, 6.45) is 4.64. The maximum Gasteiger partial charge on any atom is 0.410 e. The van der Waals surface area contributed by atoms with Crippen LogP contribution in [0.5, 0.6) is 0 Å². The monoisotopic (exact) mass is 335 g/mol. The van der Waals surface area contributed by atoms with Crippen LogP contribution < -0.4 is 5.32 Å². The Morgan fingerprint density at radius 2 is 1.92 bits per heavy atom. The van der Waals surface area contributed by atoms with Crippen molar-refractivity contribution in [3.8, 4) is 0 Å². The van der Waals surface area contributed by atoms with Gasteiger partial charge < -0.3 is 19.5 Å². The van der Waals surface area contributed by atoms with Crippen molar-refractivity contribution >= 4 is 12.0 Å². The average molecular weight is 335 g/mol. The summed E-state index contributed by atoms with van der Waals surface area (Å²) in [5.41, 5.74) is 0.847. The lowest BCUT2D eigenvalue weighted by molar-refractivity contribution is 0.00528. The van der Waals surface area contributed by atoms with Crippen molar-refractivity contribution in [2.45, 2.75) is 64.5 Å². The van der Waals surface area contributed by atoms with E-state index in [-0.39, 0.29) is 18.0 Å². The van der Waals surface area contributed by atoms with Crippen LogP contribution in [0.25, 0.3) is 0 Å². The van der Waals surface area contributed by atoms with Crippen LogP contribution in [0.1, 0.15) is 61.8 Å². The molecular formula is C17H25N3O4. The molecule has 1 aliphatic heterocycles. The highest BCUT2D eigenvalue weighted by Gasteiger charge is 2.35. The van der Waals surface area contributed by atoms with Crippen LogP contribution in [0.2, 0.25) is 0 Å². The van der Waals surface area contributed by atoms with E-state index in [1.54, 1.807) is 4.90 Å². The molecule has 1 aromatic rings. The van der Waals surface area contributed by atoms with Crippen LogP contribution in [0.4, 0.5) is 4.79 Å². The number of hydrogen-bond donors (Lipinski definition) is 1. The zero-order valence-electron chi connectivity index (χ0n) is 14.6. The molecule has 0 radical (unpaired) electrons. The molecule has 0 spiro atoms. The molecule has 7 heteroatoms. The van der Waals surface area contributed by atoms with E-state index in [0.717, 1.165) is 43.4 Å². The molecule has 2 amide bonds. The minimum absolute atomic E-state index is 0.0665. The summed E-state index contributed by atoms with van der Waals surface area (Å²) in [4.78, 5) is 25.9. The molecule has 1 N–H and O–H groups in total. The summed E-state index contributed by atoms with van der Waals surface area (Å²) in [5, 5.41) is 6.89. The molecule has 2 aliphatic rings. The van der Waals surface area contributed by atoms with Gasteiger partial charge in [0.05, 0.1) is 6.04 Å². The molecule has 24 heavy (non-hydrogen) atoms. The number of carbonyl (C=O) groups excluding carboxylic acids is 2. The van der Waals surface area contributed by atoms with Gasteiger partial charge in [0.1, 0.15) is 11.4 Å². The highest BCUT2D eigenvalue weighted by Crippen LogP contribution is 2.24. The van der Waals surface area contributed by atoms with Crippen molar-refractivity contribution in [3.63, 3.8) is 0 Å². The second-order valence-electron chi connectivity index (χ2n) is 7.55. The third-order valence-corrected chi connectivity index (χ3v) is 4.28. The first kappa shape index (κ1) is 16.8. The van der Waals surface area contributed by atoms with E-state index in [4.69, 9.17) is 9.26 Å². The Hall–Kier alpha value is -2.05. The number of aryl methyl sites for hydroxylation is 1. The number of carbonyl (C=O) groups is 2. The Morgan fingerprint density at radius 3 is 2.62 bits per heavy atom. The average Bonchev–Trinajstić information content (AvgIpc) is 2.69. The lowest BCUT2D eigenvalue weighted by Gasteiger charge is -2.39. The molecule has 0 unspecified atom stereocenters. The summed E-state index contributed by atoms with van der Waals surface area (Å²) in [6, 6.07) is -0.0665. The van der Waals surface area contributed by atoms with Crippen molar-refractivity contribution in [1.82, 2.24) is 15.4 Å². The van der Waals surface area contributed by atoms with Gasteiger partial charge in [-0.2, -0.15) is 0 Å². The van der Waals surface area contributed by atoms with Crippen molar-refractivity contribution in [1.29, 1.82) is 0 Å². The summed E-state index contributed by atoms with van der Waals surface area (Å²) in [5.74, 6) is 0.636. The molecule has 0 saturated carbocycles. The van der Waals surface area contributed by atoms with Crippen molar-refractivity contribution in [3.05, 3.63) is 17.0 Å². The zero-order chi connectivity index (χ0) is 17.3. The van der Waals surface area contributed by atoms with E-state index < -0.39 is 5.60 Å². The minimum atomic E-state index is -0.510. The van der Waals surface area contributed by atoms with Crippen LogP contribution in [0.15, 0.2) is 4.52 Å². The standard InChI is InChI=1S/C17H25N3O4/c1-17(2,3)23-16(22)20-9-11(10-20)18-15(21)14-12-7-5-4-6-8-13(12)24-19-14/h11H,4-10H2,1-3H3,(H,18,21). The van der Waals surface area contributed by atoms with Gasteiger partial charge in [0.2, 0.25) is 0 Å². The Morgan fingerprint density at radius 1 is 1.21 bits per heavy atom. The predicted molar refractivity (Wildman–Crippen MR) is 86.8 cm³/mol. The first-order valence-corrected chi connectivity index (χ1v) is 8.60. The minimum Gasteiger partial charge on any atom is -0.444 e. The van der Waals surface area contributed by atoms with Crippen LogP contribution in [-0.4, -0.2) is 46.8 Å². The molecule has 0 bridgehead atoms. The Labute approximate surface area is 141 Å². The van der Waals surface area contributed by atoms with Gasteiger partial charge >= 0.3 is 6.09 Å². The van der Waals surface area contributed by atoms with Gasteiger partial charge in [-0.25, -0.2) is 4.79 Å². The van der Waals surface area contributed by atoms with Gasteiger partial charge in [-0.3, -0.25) is 4.79 Å². The molecule has 0 aromatic carbocycles. The molecule has 2 heterocycles. The number of aromatic nitrogens is 1. The fourth-order valence-electron chi connectivity index (χ4n) is 3.04. The molecular weight excluding hydrogens is 310 g/mol. The van der Waals surface area contributed by atoms with Gasteiger partial charge in [-0.15, -0.1) is 0 Å². The molecule has 132 valence electrons. The highest BCUT2D eigenvalue weighted by atomic mass is 16.6. The lowest BCUT2D eigenvalue weighted by Crippen LogP contribution is -2.61. The predicted octanol–water partition coefficient (Wildman–Crippen LogP) is 2.29. The summed E-state index contributed by atoms with van der Waals surface area (Å²) in [7, 11) is 0. The number of amides is 2. The molecule has 1 fully saturated rings. The molecule has 1 aromatic heterocycles. The number of nitrogens with zero attached hydrogens (tertiary/aromatic N) is 2. The first-order valence-electron chi connectivity index (χ1n) is 8.60. The molecule has 1 saturated heterocycles. The normalized spacial score (nSPS) is 18.4. The van der Waals surface area contributed by atoms with Crippen LogP contribution in [0.3, 0.4) is 0 Å². The number of rotatable bonds is 2. The van der Waals surface area contributed by atoms with Crippen molar-refractivity contribution in [2.24, 2.45) is 0 Å². The zero-order valence-corrected chi connectivity index (χ0v) is 14.6. The van der Waals surface area contributed by atoms with Gasteiger partial charge in [0.25, 0.3) is 5.91 Å². The summed E-state index contributed by atoms with van der Waals surface area (Å²) in [6.45, 7) is 6.42. The second-order valence-corrected chi connectivity index (χ2v) is 7.55. The molecule has 3 rings (SSSR count). The fraction of sp³-hybridized carbons (Fsp3) is 0.706. The maximum absolute atomic E-state index is 12.4. The van der Waals surface area contributed by atoms with E-state index in [1.807, 2.05) is 20.8 Å². The highest BCUT2D eigenvalue weighted by molar-refractivity contribution is 5.94. The number of fused-ring (bicyclic) bond motifs is 1. The lowest BCUT2D eigenvalue weighted by atomic mass is 10.1. The first-order chi connectivity index (χ1) is 11.3. The molecule has 0 atom stereocenters. The number of likely N-dealkylation sites (tertiary alicyclic amines) is 1. The number of ether oxygens (including phenoxy) is 1. The van der Waals surface area contributed by atoms with E-state index in [2.05, 4.69) is 10.5 Å². The topological polar surface area (TPSA) is 84.7 Å². The molecule has 7 nitrogen and oxygen atoms in total. The van der Waals surface area contributed by atoms with Crippen LogP contribution in [-0.2, 0) is 17.6 Å². The van der Waals surface area contributed by atoms with Gasteiger partial charge in [0, 0.05) is 25.1 Å². The Bertz CT molecular complexity index is 626. The molecule has 1 aliphatic carbocycles. The quantitative estimate of drug-likeness (QED) is 0.838. The van der Waals surface area contributed by atoms with E-state index >= 15 is 0 Å². The second kappa shape index (κ2) is 6.45. The van der Waals surface area contributed by atoms with Crippen LogP contribution in [0, 0.1) is 0 Å². The maximum atomic E-state index is 12.4. The van der Waals surface area contributed by atoms with E-state index in [9.17, 15) is 9.59 Å². The van der Waals surface area contributed by atoms with E-state index in [0.29, 0.717) is 18.8 Å². The largest absolute Gasteiger partial charge is 0.444 e. The SMILES string of the molecule is CC(C)(C)OC(=O)N1CC(NC(=O)c2noc3c2CCCCC3)C1. The number of nitrogens with one attached hydrogen (secondary N) is 1. The van der Waals surface area contributed by atoms with E-state index in [1.165, 1.54) is 0 Å². The third kappa shape index (κ3) is 3.71. The van der Waals surface area contributed by atoms with Gasteiger partial charge in [-0.05, 0) is 40.0 Å². The van der Waals surface area contributed by atoms with Gasteiger partial charge in [-0.1, -0.05) is 11.6 Å². The fourth-order valence-corrected chi connectivity index (χ4v) is 3.04. The van der Waals surface area contributed by atoms with Gasteiger partial charge in [0.15, 0.2) is 5.69 Å². The third-order valence-electron chi connectivity index (χ3n) is 4.28. The van der Waals surface area contributed by atoms with Crippen molar-refractivity contribution < 1.29 is 18.8 Å². The summed E-state index contributed by atoms with van der Waals surface area (Å²) >= 11 is 0. The smallest absolute Gasteiger partial charge is 0.410 e.